The van der Waals surface area contributed by atoms with Crippen molar-refractivity contribution in [2.45, 2.75) is 13.0 Å². The maximum atomic E-state index is 13.6. The van der Waals surface area contributed by atoms with Gasteiger partial charge in [0.1, 0.15) is 11.6 Å². The Morgan fingerprint density at radius 1 is 1.11 bits per heavy atom. The van der Waals surface area contributed by atoms with Crippen molar-refractivity contribution in [2.75, 3.05) is 30.9 Å². The quantitative estimate of drug-likeness (QED) is 0.345. The van der Waals surface area contributed by atoms with Gasteiger partial charge in [-0.05, 0) is 42.3 Å². The molecule has 0 fully saturated rings. The first-order valence-corrected chi connectivity index (χ1v) is 11.2. The van der Waals surface area contributed by atoms with Crippen LogP contribution in [0.15, 0.2) is 76.4 Å². The minimum Gasteiger partial charge on any atom is -0.385 e. The van der Waals surface area contributed by atoms with Crippen molar-refractivity contribution in [3.8, 4) is 5.69 Å². The van der Waals surface area contributed by atoms with Crippen molar-refractivity contribution in [3.63, 3.8) is 0 Å². The third-order valence-electron chi connectivity index (χ3n) is 5.54. The lowest BCUT2D eigenvalue weighted by molar-refractivity contribution is 0.0978. The molecule has 4 rings (SSSR count). The van der Waals surface area contributed by atoms with E-state index in [-0.39, 0.29) is 30.3 Å². The summed E-state index contributed by atoms with van der Waals surface area (Å²) in [5.74, 6) is -1.13. The Bertz CT molecular complexity index is 1460. The number of aromatic amines is 1. The third kappa shape index (κ3) is 5.26. The molecule has 4 aromatic rings. The average molecular weight is 493 g/mol. The molecule has 0 saturated heterocycles. The number of hydrogen-bond acceptors (Lipinski definition) is 6. The smallest absolute Gasteiger partial charge is 0.330 e. The molecule has 0 aliphatic rings. The number of H-pyrrole nitrogens is 1. The Balaban J connectivity index is 1.73. The lowest BCUT2D eigenvalue weighted by atomic mass is 10.2. The van der Waals surface area contributed by atoms with Crippen LogP contribution in [0.1, 0.15) is 22.5 Å². The first-order valence-electron chi connectivity index (χ1n) is 11.2. The van der Waals surface area contributed by atoms with E-state index in [2.05, 4.69) is 10.1 Å². The highest BCUT2D eigenvalue weighted by atomic mass is 19.1. The van der Waals surface area contributed by atoms with E-state index in [1.807, 2.05) is 30.3 Å². The van der Waals surface area contributed by atoms with E-state index in [0.717, 1.165) is 5.56 Å². The summed E-state index contributed by atoms with van der Waals surface area (Å²) in [6.07, 6.45) is 1.95. The molecule has 0 unspecified atom stereocenters. The average Bonchev–Trinajstić information content (AvgIpc) is 3.37. The molecule has 0 aliphatic carbocycles. The van der Waals surface area contributed by atoms with Gasteiger partial charge in [-0.1, -0.05) is 30.3 Å². The fraction of sp³-hybridized carbons (Fsp3) is 0.200. The maximum Gasteiger partial charge on any atom is 0.330 e. The fourth-order valence-corrected chi connectivity index (χ4v) is 3.76. The zero-order valence-electron chi connectivity index (χ0n) is 19.6. The summed E-state index contributed by atoms with van der Waals surface area (Å²) in [4.78, 5) is 42.5. The van der Waals surface area contributed by atoms with Gasteiger partial charge in [0.15, 0.2) is 11.4 Å². The maximum absolute atomic E-state index is 13.6. The molecule has 2 heterocycles. The number of anilines is 2. The topological polar surface area (TPSA) is 128 Å². The van der Waals surface area contributed by atoms with Crippen molar-refractivity contribution in [1.82, 2.24) is 19.3 Å². The summed E-state index contributed by atoms with van der Waals surface area (Å²) in [7, 11) is 1.53. The first kappa shape index (κ1) is 24.6. The molecule has 10 nitrogen and oxygen atoms in total. The van der Waals surface area contributed by atoms with Gasteiger partial charge in [-0.15, -0.1) is 0 Å². The van der Waals surface area contributed by atoms with E-state index in [0.29, 0.717) is 18.7 Å². The van der Waals surface area contributed by atoms with E-state index < -0.39 is 23.0 Å². The number of aromatic nitrogens is 4. The van der Waals surface area contributed by atoms with Crippen molar-refractivity contribution >= 4 is 17.4 Å². The highest BCUT2D eigenvalue weighted by Gasteiger charge is 2.26. The Hall–Kier alpha value is -4.51. The van der Waals surface area contributed by atoms with Crippen molar-refractivity contribution in [2.24, 2.45) is 0 Å². The fourth-order valence-electron chi connectivity index (χ4n) is 3.76. The number of nitrogens with two attached hydrogens (primary N) is 1. The number of ether oxygens (including phenoxy) is 1. The van der Waals surface area contributed by atoms with Gasteiger partial charge in [0.2, 0.25) is 0 Å². The number of halogens is 1. The second-order valence-corrected chi connectivity index (χ2v) is 7.99. The lowest BCUT2D eigenvalue weighted by Crippen LogP contribution is -2.42. The summed E-state index contributed by atoms with van der Waals surface area (Å²) in [5, 5.41) is 4.30. The number of methoxy groups -OCH3 is 1. The Kier molecular flexibility index (Phi) is 7.40. The van der Waals surface area contributed by atoms with Crippen molar-refractivity contribution in [3.05, 3.63) is 105 Å². The van der Waals surface area contributed by atoms with E-state index in [9.17, 15) is 18.8 Å². The second kappa shape index (κ2) is 10.8. The molecule has 0 radical (unpaired) electrons. The molecule has 1 amide bonds. The third-order valence-corrected chi connectivity index (χ3v) is 5.54. The van der Waals surface area contributed by atoms with E-state index in [4.69, 9.17) is 10.5 Å². The SMILES string of the molecule is COCCCN(C(=O)c1ccn(-c2ccc(F)cc2)n1)c1c(N)n(Cc2ccccc2)c(=O)[nH]c1=O. The number of amides is 1. The first-order chi connectivity index (χ1) is 17.4. The molecule has 36 heavy (non-hydrogen) atoms. The van der Waals surface area contributed by atoms with Gasteiger partial charge in [-0.2, -0.15) is 5.10 Å². The molecule has 2 aromatic carbocycles. The van der Waals surface area contributed by atoms with Gasteiger partial charge in [-0.25, -0.2) is 13.9 Å². The molecule has 0 bridgehead atoms. The van der Waals surface area contributed by atoms with Crippen LogP contribution in [0.3, 0.4) is 0 Å². The molecule has 3 N–H and O–H groups in total. The Morgan fingerprint density at radius 3 is 2.53 bits per heavy atom. The number of hydrogen-bond donors (Lipinski definition) is 2. The van der Waals surface area contributed by atoms with Crippen LogP contribution in [0.25, 0.3) is 5.69 Å². The molecular formula is C25H25FN6O4. The normalized spacial score (nSPS) is 10.9. The van der Waals surface area contributed by atoms with Gasteiger partial charge < -0.3 is 10.5 Å². The second-order valence-electron chi connectivity index (χ2n) is 7.99. The number of nitrogen functional groups attached to an aromatic ring is 1. The molecule has 2 aromatic heterocycles. The lowest BCUT2D eigenvalue weighted by Gasteiger charge is -2.24. The van der Waals surface area contributed by atoms with E-state index in [1.54, 1.807) is 6.20 Å². The van der Waals surface area contributed by atoms with Gasteiger partial charge in [-0.3, -0.25) is 24.0 Å². The van der Waals surface area contributed by atoms with E-state index >= 15 is 0 Å². The number of benzene rings is 2. The zero-order chi connectivity index (χ0) is 25.7. The van der Waals surface area contributed by atoms with Crippen LogP contribution in [0, 0.1) is 5.82 Å². The van der Waals surface area contributed by atoms with Crippen LogP contribution < -0.4 is 21.9 Å². The number of rotatable bonds is 9. The standard InChI is InChI=1S/C25H25FN6O4/c1-36-15-5-13-30(24(34)20-12-14-32(29-20)19-10-8-18(26)9-11-19)21-22(27)31(25(35)28-23(21)33)16-17-6-3-2-4-7-17/h2-4,6-12,14H,5,13,15-16,27H2,1H3,(H,28,33,35). The predicted octanol–water partition coefficient (Wildman–Crippen LogP) is 2.18. The number of nitrogens with one attached hydrogen (secondary N) is 1. The predicted molar refractivity (Wildman–Crippen MR) is 133 cm³/mol. The van der Waals surface area contributed by atoms with Crippen molar-refractivity contribution in [1.29, 1.82) is 0 Å². The Morgan fingerprint density at radius 2 is 1.83 bits per heavy atom. The van der Waals surface area contributed by atoms with Crippen LogP contribution >= 0.6 is 0 Å². The summed E-state index contributed by atoms with van der Waals surface area (Å²) < 4.78 is 21.0. The van der Waals surface area contributed by atoms with Crippen molar-refractivity contribution < 1.29 is 13.9 Å². The Labute approximate surface area is 205 Å². The van der Waals surface area contributed by atoms with Crippen LogP contribution in [-0.4, -0.2) is 45.5 Å². The number of carbonyl (C=O) groups excluding carboxylic acids is 1. The number of carbonyl (C=O) groups is 1. The minimum absolute atomic E-state index is 0.0383. The monoisotopic (exact) mass is 492 g/mol. The van der Waals surface area contributed by atoms with Crippen LogP contribution in [0.5, 0.6) is 0 Å². The summed E-state index contributed by atoms with van der Waals surface area (Å²) in [6, 6.07) is 16.2. The highest BCUT2D eigenvalue weighted by Crippen LogP contribution is 2.21. The van der Waals surface area contributed by atoms with E-state index in [1.165, 1.54) is 51.6 Å². The van der Waals surface area contributed by atoms with Crippen LogP contribution in [0.4, 0.5) is 15.9 Å². The molecule has 186 valence electrons. The molecule has 0 saturated carbocycles. The molecule has 11 heteroatoms. The summed E-state index contributed by atoms with van der Waals surface area (Å²) >= 11 is 0. The van der Waals surface area contributed by atoms with Gasteiger partial charge in [0.25, 0.3) is 11.5 Å². The highest BCUT2D eigenvalue weighted by molar-refractivity contribution is 6.06. The minimum atomic E-state index is -0.787. The van der Waals surface area contributed by atoms with Crippen LogP contribution in [0.2, 0.25) is 0 Å². The summed E-state index contributed by atoms with van der Waals surface area (Å²) in [6.45, 7) is 0.525. The zero-order valence-corrected chi connectivity index (χ0v) is 19.6. The molecule has 0 spiro atoms. The van der Waals surface area contributed by atoms with Gasteiger partial charge in [0, 0.05) is 26.5 Å². The summed E-state index contributed by atoms with van der Waals surface area (Å²) in [5.41, 5.74) is 6.08. The van der Waals surface area contributed by atoms with Gasteiger partial charge >= 0.3 is 5.69 Å². The molecular weight excluding hydrogens is 467 g/mol. The molecule has 0 atom stereocenters. The molecule has 0 aliphatic heterocycles. The largest absolute Gasteiger partial charge is 0.385 e. The van der Waals surface area contributed by atoms with Crippen LogP contribution in [-0.2, 0) is 11.3 Å². The van der Waals surface area contributed by atoms with Gasteiger partial charge in [0.05, 0.1) is 12.2 Å². The number of nitrogens with zero attached hydrogens (tertiary/aromatic N) is 4.